The van der Waals surface area contributed by atoms with E-state index in [1.54, 1.807) is 6.07 Å². The van der Waals surface area contributed by atoms with Gasteiger partial charge in [-0.1, -0.05) is 18.2 Å². The van der Waals surface area contributed by atoms with Gasteiger partial charge in [-0.3, -0.25) is 0 Å². The second-order valence-corrected chi connectivity index (χ2v) is 5.59. The van der Waals surface area contributed by atoms with Gasteiger partial charge in [-0.15, -0.1) is 0 Å². The third-order valence-corrected chi connectivity index (χ3v) is 3.87. The number of fused-ring (bicyclic) bond motifs is 1. The maximum Gasteiger partial charge on any atom is 0.451 e. The van der Waals surface area contributed by atoms with E-state index in [0.717, 1.165) is 35.7 Å². The Balaban J connectivity index is 1.68. The van der Waals surface area contributed by atoms with Gasteiger partial charge in [0.05, 0.1) is 19.0 Å². The molecule has 3 heterocycles. The molecule has 1 aliphatic heterocycles. The van der Waals surface area contributed by atoms with Crippen molar-refractivity contribution in [2.45, 2.75) is 12.6 Å². The predicted octanol–water partition coefficient (Wildman–Crippen LogP) is 4.28. The van der Waals surface area contributed by atoms with Crippen LogP contribution in [0.15, 0.2) is 48.9 Å². The molecule has 2 aromatic heterocycles. The topological polar surface area (TPSA) is 57.1 Å². The lowest BCUT2D eigenvalue weighted by Crippen LogP contribution is -2.10. The lowest BCUT2D eigenvalue weighted by Gasteiger charge is -2.12. The summed E-state index contributed by atoms with van der Waals surface area (Å²) in [6.07, 6.45) is -0.294. The van der Waals surface area contributed by atoms with Gasteiger partial charge in [-0.05, 0) is 17.7 Å². The summed E-state index contributed by atoms with van der Waals surface area (Å²) >= 11 is 0. The second-order valence-electron chi connectivity index (χ2n) is 5.59. The number of hydrogen-bond donors (Lipinski definition) is 0. The summed E-state index contributed by atoms with van der Waals surface area (Å²) in [7, 11) is 0. The second kappa shape index (κ2) is 6.29. The zero-order valence-electron chi connectivity index (χ0n) is 13.3. The van der Waals surface area contributed by atoms with Gasteiger partial charge >= 0.3 is 6.18 Å². The van der Waals surface area contributed by atoms with Crippen LogP contribution in [0.25, 0.3) is 11.1 Å². The number of rotatable bonds is 3. The van der Waals surface area contributed by atoms with Gasteiger partial charge in [0.1, 0.15) is 5.75 Å². The first-order valence-electron chi connectivity index (χ1n) is 7.79. The summed E-state index contributed by atoms with van der Waals surface area (Å²) in [4.78, 5) is 10.8. The molecule has 0 radical (unpaired) electrons. The van der Waals surface area contributed by atoms with Crippen LogP contribution in [-0.2, 0) is 12.6 Å². The van der Waals surface area contributed by atoms with Gasteiger partial charge in [0.2, 0.25) is 11.7 Å². The summed E-state index contributed by atoms with van der Waals surface area (Å²) in [5.74, 6) is -0.152. The molecule has 132 valence electrons. The van der Waals surface area contributed by atoms with Crippen molar-refractivity contribution in [2.75, 3.05) is 6.61 Å². The molecule has 3 aromatic rings. The van der Waals surface area contributed by atoms with Gasteiger partial charge in [-0.25, -0.2) is 15.0 Å². The maximum atomic E-state index is 12.6. The highest BCUT2D eigenvalue weighted by atomic mass is 19.4. The first-order valence-corrected chi connectivity index (χ1v) is 7.79. The van der Waals surface area contributed by atoms with E-state index in [1.165, 1.54) is 6.20 Å². The van der Waals surface area contributed by atoms with Crippen LogP contribution in [0.4, 0.5) is 13.2 Å². The highest BCUT2D eigenvalue weighted by Gasteiger charge is 2.34. The van der Waals surface area contributed by atoms with E-state index in [2.05, 4.69) is 15.0 Å². The highest BCUT2D eigenvalue weighted by Crippen LogP contribution is 2.40. The molecule has 0 N–H and O–H groups in total. The fourth-order valence-corrected chi connectivity index (χ4v) is 2.73. The molecular weight excluding hydrogens is 347 g/mol. The Morgan fingerprint density at radius 3 is 2.50 bits per heavy atom. The Hall–Kier alpha value is -3.16. The molecule has 0 spiro atoms. The van der Waals surface area contributed by atoms with Gasteiger partial charge < -0.3 is 9.47 Å². The first-order chi connectivity index (χ1) is 12.5. The molecule has 26 heavy (non-hydrogen) atoms. The fourth-order valence-electron chi connectivity index (χ4n) is 2.73. The molecule has 8 heteroatoms. The van der Waals surface area contributed by atoms with E-state index in [0.29, 0.717) is 12.2 Å². The third-order valence-electron chi connectivity index (χ3n) is 3.87. The molecule has 0 unspecified atom stereocenters. The van der Waals surface area contributed by atoms with Gasteiger partial charge in [0.25, 0.3) is 0 Å². The van der Waals surface area contributed by atoms with E-state index >= 15 is 0 Å². The zero-order chi connectivity index (χ0) is 18.1. The lowest BCUT2D eigenvalue weighted by molar-refractivity contribution is -0.145. The Morgan fingerprint density at radius 1 is 0.962 bits per heavy atom. The summed E-state index contributed by atoms with van der Waals surface area (Å²) in [5, 5.41) is 0. The van der Waals surface area contributed by atoms with Crippen molar-refractivity contribution in [3.63, 3.8) is 0 Å². The molecule has 0 amide bonds. The number of ether oxygens (including phenoxy) is 2. The molecule has 5 nitrogen and oxygen atoms in total. The van der Waals surface area contributed by atoms with Crippen LogP contribution < -0.4 is 9.47 Å². The minimum atomic E-state index is -4.60. The average Bonchev–Trinajstić information content (AvgIpc) is 3.11. The number of alkyl halides is 3. The number of para-hydroxylation sites is 1. The Labute approximate surface area is 146 Å². The standard InChI is InChI=1S/C18H12F3N3O2/c19-18(20,21)17-23-9-12(10-24-17)26-16-14(5-2-7-22-16)13-4-1-3-11-6-8-25-15(11)13/h1-5,7,9-10H,6,8H2. The van der Waals surface area contributed by atoms with Crippen molar-refractivity contribution in [3.8, 4) is 28.5 Å². The van der Waals surface area contributed by atoms with Crippen LogP contribution >= 0.6 is 0 Å². The number of pyridine rings is 1. The highest BCUT2D eigenvalue weighted by molar-refractivity contribution is 5.76. The number of benzene rings is 1. The largest absolute Gasteiger partial charge is 0.492 e. The third kappa shape index (κ3) is 3.05. The van der Waals surface area contributed by atoms with Gasteiger partial charge in [0.15, 0.2) is 5.75 Å². The van der Waals surface area contributed by atoms with Crippen LogP contribution in [0.5, 0.6) is 17.4 Å². The Morgan fingerprint density at radius 2 is 1.73 bits per heavy atom. The molecule has 0 atom stereocenters. The smallest absolute Gasteiger partial charge is 0.451 e. The van der Waals surface area contributed by atoms with Crippen LogP contribution in [0.2, 0.25) is 0 Å². The predicted molar refractivity (Wildman–Crippen MR) is 86.0 cm³/mol. The van der Waals surface area contributed by atoms with Crippen molar-refractivity contribution < 1.29 is 22.6 Å². The molecule has 0 saturated carbocycles. The Bertz CT molecular complexity index is 943. The molecule has 1 aliphatic rings. The SMILES string of the molecule is FC(F)(F)c1ncc(Oc2ncccc2-c2cccc3c2OCC3)cn1. The van der Waals surface area contributed by atoms with Crippen molar-refractivity contribution >= 4 is 0 Å². The molecule has 0 fully saturated rings. The number of hydrogen-bond acceptors (Lipinski definition) is 5. The average molecular weight is 359 g/mol. The van der Waals surface area contributed by atoms with Gasteiger partial charge in [-0.2, -0.15) is 13.2 Å². The molecule has 0 aliphatic carbocycles. The van der Waals surface area contributed by atoms with E-state index in [-0.39, 0.29) is 11.6 Å². The van der Waals surface area contributed by atoms with Crippen LogP contribution in [0.1, 0.15) is 11.4 Å². The van der Waals surface area contributed by atoms with Crippen LogP contribution in [0.3, 0.4) is 0 Å². The zero-order valence-corrected chi connectivity index (χ0v) is 13.3. The van der Waals surface area contributed by atoms with Crippen molar-refractivity contribution in [2.24, 2.45) is 0 Å². The lowest BCUT2D eigenvalue weighted by atomic mass is 10.0. The fraction of sp³-hybridized carbons (Fsp3) is 0.167. The van der Waals surface area contributed by atoms with E-state index in [1.807, 2.05) is 24.3 Å². The van der Waals surface area contributed by atoms with Gasteiger partial charge in [0, 0.05) is 23.7 Å². The summed E-state index contributed by atoms with van der Waals surface area (Å²) in [6.45, 7) is 0.607. The first kappa shape index (κ1) is 16.3. The quantitative estimate of drug-likeness (QED) is 0.698. The monoisotopic (exact) mass is 359 g/mol. The maximum absolute atomic E-state index is 12.6. The molecule has 0 saturated heterocycles. The number of halogens is 3. The number of aromatic nitrogens is 3. The van der Waals surface area contributed by atoms with E-state index in [9.17, 15) is 13.2 Å². The Kier molecular flexibility index (Phi) is 3.95. The molecular formula is C18H12F3N3O2. The van der Waals surface area contributed by atoms with Crippen molar-refractivity contribution in [1.82, 2.24) is 15.0 Å². The van der Waals surface area contributed by atoms with Crippen LogP contribution in [-0.4, -0.2) is 21.6 Å². The summed E-state index contributed by atoms with van der Waals surface area (Å²) < 4.78 is 49.0. The summed E-state index contributed by atoms with van der Waals surface area (Å²) in [5.41, 5.74) is 2.58. The molecule has 1 aromatic carbocycles. The molecule has 0 bridgehead atoms. The minimum absolute atomic E-state index is 0.0615. The van der Waals surface area contributed by atoms with Crippen molar-refractivity contribution in [1.29, 1.82) is 0 Å². The van der Waals surface area contributed by atoms with E-state index in [4.69, 9.17) is 9.47 Å². The van der Waals surface area contributed by atoms with Crippen molar-refractivity contribution in [3.05, 3.63) is 60.3 Å². The minimum Gasteiger partial charge on any atom is -0.492 e. The molecule has 4 rings (SSSR count). The summed E-state index contributed by atoms with van der Waals surface area (Å²) in [6, 6.07) is 9.36. The van der Waals surface area contributed by atoms with Crippen LogP contribution in [0, 0.1) is 0 Å². The van der Waals surface area contributed by atoms with E-state index < -0.39 is 12.0 Å². The number of nitrogens with zero attached hydrogens (tertiary/aromatic N) is 3. The normalized spacial score (nSPS) is 13.2.